The maximum absolute atomic E-state index is 12.1. The van der Waals surface area contributed by atoms with Crippen LogP contribution in [0.1, 0.15) is 0 Å². The molecule has 0 heterocycles. The van der Waals surface area contributed by atoms with E-state index in [4.69, 9.17) is 22.1 Å². The molecule has 0 fully saturated rings. The lowest BCUT2D eigenvalue weighted by Crippen LogP contribution is -2.30. The molecule has 0 aliphatic rings. The van der Waals surface area contributed by atoms with Gasteiger partial charge < -0.3 is 10.5 Å². The fourth-order valence-corrected chi connectivity index (χ4v) is 2.69. The molecule has 0 radical (unpaired) electrons. The van der Waals surface area contributed by atoms with Crippen LogP contribution < -0.4 is 5.73 Å². The highest BCUT2D eigenvalue weighted by Crippen LogP contribution is 2.24. The van der Waals surface area contributed by atoms with Crippen molar-refractivity contribution in [2.75, 3.05) is 33.0 Å². The molecule has 0 spiro atoms. The van der Waals surface area contributed by atoms with Crippen molar-refractivity contribution in [1.29, 1.82) is 0 Å². The molecule has 5 nitrogen and oxygen atoms in total. The zero-order valence-corrected chi connectivity index (χ0v) is 11.3. The van der Waals surface area contributed by atoms with Gasteiger partial charge in [-0.25, -0.2) is 8.42 Å². The van der Waals surface area contributed by atoms with E-state index < -0.39 is 10.0 Å². The Morgan fingerprint density at radius 1 is 1.47 bits per heavy atom. The third-order valence-electron chi connectivity index (χ3n) is 2.27. The van der Waals surface area contributed by atoms with Gasteiger partial charge in [-0.1, -0.05) is 11.6 Å². The van der Waals surface area contributed by atoms with Crippen LogP contribution in [0.5, 0.6) is 0 Å². The standard InChI is InChI=1S/C10H15ClN2O3S/c1-13(5-6-16-2)17(14,15)10-4-3-8(11)7-9(10)12/h3-4,7H,5-6,12H2,1-2H3. The summed E-state index contributed by atoms with van der Waals surface area (Å²) >= 11 is 5.72. The maximum Gasteiger partial charge on any atom is 0.244 e. The minimum atomic E-state index is -3.59. The largest absolute Gasteiger partial charge is 0.398 e. The summed E-state index contributed by atoms with van der Waals surface area (Å²) in [6.07, 6.45) is 0. The first kappa shape index (κ1) is 14.2. The van der Waals surface area contributed by atoms with Gasteiger partial charge in [-0.15, -0.1) is 0 Å². The lowest BCUT2D eigenvalue weighted by Gasteiger charge is -2.17. The van der Waals surface area contributed by atoms with Gasteiger partial charge in [0.25, 0.3) is 0 Å². The number of methoxy groups -OCH3 is 1. The molecule has 2 N–H and O–H groups in total. The van der Waals surface area contributed by atoms with E-state index in [2.05, 4.69) is 0 Å². The molecule has 0 aromatic heterocycles. The third kappa shape index (κ3) is 3.32. The fourth-order valence-electron chi connectivity index (χ4n) is 1.26. The molecule has 0 aliphatic heterocycles. The summed E-state index contributed by atoms with van der Waals surface area (Å²) in [4.78, 5) is 0.0560. The van der Waals surface area contributed by atoms with E-state index in [1.165, 1.54) is 36.7 Å². The number of nitrogens with two attached hydrogens (primary N) is 1. The van der Waals surface area contributed by atoms with Gasteiger partial charge in [0.05, 0.1) is 12.3 Å². The Bertz CT molecular complexity index is 490. The molecule has 0 aliphatic carbocycles. The van der Waals surface area contributed by atoms with Crippen molar-refractivity contribution in [1.82, 2.24) is 4.31 Å². The second-order valence-corrected chi connectivity index (χ2v) is 5.95. The molecule has 17 heavy (non-hydrogen) atoms. The predicted octanol–water partition coefficient (Wildman–Crippen LogP) is 1.19. The highest BCUT2D eigenvalue weighted by molar-refractivity contribution is 7.89. The Morgan fingerprint density at radius 2 is 2.12 bits per heavy atom. The zero-order chi connectivity index (χ0) is 13.1. The predicted molar refractivity (Wildman–Crippen MR) is 67.6 cm³/mol. The molecule has 1 aromatic carbocycles. The highest BCUT2D eigenvalue weighted by Gasteiger charge is 2.22. The van der Waals surface area contributed by atoms with Crippen LogP contribution in [0.4, 0.5) is 5.69 Å². The number of sulfonamides is 1. The number of benzene rings is 1. The van der Waals surface area contributed by atoms with Gasteiger partial charge in [-0.05, 0) is 18.2 Å². The van der Waals surface area contributed by atoms with Crippen LogP contribution in [-0.2, 0) is 14.8 Å². The van der Waals surface area contributed by atoms with Gasteiger partial charge >= 0.3 is 0 Å². The molecule has 0 amide bonds. The summed E-state index contributed by atoms with van der Waals surface area (Å²) in [5.41, 5.74) is 5.79. The summed E-state index contributed by atoms with van der Waals surface area (Å²) in [7, 11) is -0.603. The monoisotopic (exact) mass is 278 g/mol. The lowest BCUT2D eigenvalue weighted by molar-refractivity contribution is 0.185. The van der Waals surface area contributed by atoms with Gasteiger partial charge in [0.15, 0.2) is 0 Å². The van der Waals surface area contributed by atoms with Crippen molar-refractivity contribution >= 4 is 27.3 Å². The molecule has 0 bridgehead atoms. The average Bonchev–Trinajstić information content (AvgIpc) is 2.25. The van der Waals surface area contributed by atoms with Crippen molar-refractivity contribution in [3.8, 4) is 0 Å². The number of hydrogen-bond donors (Lipinski definition) is 1. The molecular weight excluding hydrogens is 264 g/mol. The van der Waals surface area contributed by atoms with Crippen molar-refractivity contribution in [3.05, 3.63) is 23.2 Å². The molecule has 7 heteroatoms. The molecule has 1 rings (SSSR count). The van der Waals surface area contributed by atoms with E-state index in [1.807, 2.05) is 0 Å². The number of halogens is 1. The maximum atomic E-state index is 12.1. The number of nitrogens with zero attached hydrogens (tertiary/aromatic N) is 1. The quantitative estimate of drug-likeness (QED) is 0.821. The summed E-state index contributed by atoms with van der Waals surface area (Å²) in [5.74, 6) is 0. The van der Waals surface area contributed by atoms with Crippen LogP contribution in [0.25, 0.3) is 0 Å². The SMILES string of the molecule is COCCN(C)S(=O)(=O)c1ccc(Cl)cc1N. The third-order valence-corrected chi connectivity index (χ3v) is 4.44. The molecule has 96 valence electrons. The average molecular weight is 279 g/mol. The van der Waals surface area contributed by atoms with Crippen LogP contribution >= 0.6 is 11.6 Å². The summed E-state index contributed by atoms with van der Waals surface area (Å²) in [6.45, 7) is 0.587. The van der Waals surface area contributed by atoms with Gasteiger partial charge in [-0.3, -0.25) is 0 Å². The minimum Gasteiger partial charge on any atom is -0.398 e. The van der Waals surface area contributed by atoms with Crippen molar-refractivity contribution in [3.63, 3.8) is 0 Å². The second kappa shape index (κ2) is 5.68. The lowest BCUT2D eigenvalue weighted by atomic mass is 10.3. The Balaban J connectivity index is 3.04. The summed E-state index contributed by atoms with van der Waals surface area (Å²) in [5, 5.41) is 0.404. The van der Waals surface area contributed by atoms with Crippen LogP contribution in [0.2, 0.25) is 5.02 Å². The Hall–Kier alpha value is -0.820. The van der Waals surface area contributed by atoms with E-state index in [1.54, 1.807) is 0 Å². The first-order chi connectivity index (χ1) is 7.89. The molecule has 0 saturated heterocycles. The van der Waals surface area contributed by atoms with Crippen molar-refractivity contribution in [2.45, 2.75) is 4.90 Å². The number of likely N-dealkylation sites (N-methyl/N-ethyl adjacent to an activating group) is 1. The molecule has 0 unspecified atom stereocenters. The number of hydrogen-bond acceptors (Lipinski definition) is 4. The molecule has 1 aromatic rings. The Labute approximate surface area is 106 Å². The first-order valence-corrected chi connectivity index (χ1v) is 6.71. The van der Waals surface area contributed by atoms with Gasteiger partial charge in [0, 0.05) is 25.7 Å². The minimum absolute atomic E-state index is 0.0560. The van der Waals surface area contributed by atoms with Gasteiger partial charge in [0.1, 0.15) is 4.90 Å². The normalized spacial score (nSPS) is 12.0. The first-order valence-electron chi connectivity index (χ1n) is 4.90. The fraction of sp³-hybridized carbons (Fsp3) is 0.400. The Morgan fingerprint density at radius 3 is 2.65 bits per heavy atom. The van der Waals surface area contributed by atoms with Gasteiger partial charge in [-0.2, -0.15) is 4.31 Å². The van der Waals surface area contributed by atoms with Crippen LogP contribution in [0.15, 0.2) is 23.1 Å². The smallest absolute Gasteiger partial charge is 0.244 e. The van der Waals surface area contributed by atoms with Crippen molar-refractivity contribution in [2.24, 2.45) is 0 Å². The highest BCUT2D eigenvalue weighted by atomic mass is 35.5. The summed E-state index contributed by atoms with van der Waals surface area (Å²) < 4.78 is 30.3. The number of rotatable bonds is 5. The number of anilines is 1. The van der Waals surface area contributed by atoms with E-state index in [9.17, 15) is 8.42 Å². The van der Waals surface area contributed by atoms with Crippen LogP contribution in [0, 0.1) is 0 Å². The van der Waals surface area contributed by atoms with E-state index in [-0.39, 0.29) is 17.1 Å². The van der Waals surface area contributed by atoms with Crippen molar-refractivity contribution < 1.29 is 13.2 Å². The topological polar surface area (TPSA) is 72.6 Å². The van der Waals surface area contributed by atoms with Crippen LogP contribution in [-0.4, -0.2) is 40.0 Å². The molecule has 0 saturated carbocycles. The number of nitrogen functional groups attached to an aromatic ring is 1. The Kier molecular flexibility index (Phi) is 4.76. The summed E-state index contributed by atoms with van der Waals surface area (Å²) in [6, 6.07) is 4.31. The van der Waals surface area contributed by atoms with E-state index in [0.717, 1.165) is 0 Å². The van der Waals surface area contributed by atoms with E-state index in [0.29, 0.717) is 11.6 Å². The van der Waals surface area contributed by atoms with E-state index >= 15 is 0 Å². The zero-order valence-electron chi connectivity index (χ0n) is 9.68. The number of ether oxygens (including phenoxy) is 1. The second-order valence-electron chi connectivity index (χ2n) is 3.50. The van der Waals surface area contributed by atoms with Gasteiger partial charge in [0.2, 0.25) is 10.0 Å². The molecule has 0 atom stereocenters. The van der Waals surface area contributed by atoms with Crippen LogP contribution in [0.3, 0.4) is 0 Å². The molecular formula is C10H15ClN2O3S.